The second-order valence-electron chi connectivity index (χ2n) is 5.44. The predicted octanol–water partition coefficient (Wildman–Crippen LogP) is 3.10. The van der Waals surface area contributed by atoms with Crippen LogP contribution in [0.5, 0.6) is 0 Å². The lowest BCUT2D eigenvalue weighted by Crippen LogP contribution is -2.35. The number of fused-ring (bicyclic) bond motifs is 1. The molecule has 3 heterocycles. The molecule has 5 nitrogen and oxygen atoms in total. The van der Waals surface area contributed by atoms with Gasteiger partial charge in [0.05, 0.1) is 17.6 Å². The van der Waals surface area contributed by atoms with E-state index in [1.54, 1.807) is 6.33 Å². The summed E-state index contributed by atoms with van der Waals surface area (Å²) in [5.41, 5.74) is 0.589. The Hall–Kier alpha value is -1.69. The number of esters is 1. The van der Waals surface area contributed by atoms with Gasteiger partial charge < -0.3 is 9.64 Å². The summed E-state index contributed by atoms with van der Waals surface area (Å²) in [5, 5.41) is 2.67. The smallest absolute Gasteiger partial charge is 0.339 e. The molecule has 6 heteroatoms. The fourth-order valence-corrected chi connectivity index (χ4v) is 3.71. The Balaban J connectivity index is 2.05. The maximum Gasteiger partial charge on any atom is 0.339 e. The summed E-state index contributed by atoms with van der Waals surface area (Å²) < 4.78 is 5.15. The highest BCUT2D eigenvalue weighted by atomic mass is 32.1. The van der Waals surface area contributed by atoms with E-state index in [0.717, 1.165) is 35.5 Å². The molecule has 0 radical (unpaired) electrons. The molecular weight excluding hydrogens is 286 g/mol. The van der Waals surface area contributed by atoms with Gasteiger partial charge in [0.15, 0.2) is 0 Å². The molecule has 0 amide bonds. The molecule has 3 rings (SSSR count). The molecule has 0 bridgehead atoms. The number of ether oxygens (including phenoxy) is 1. The van der Waals surface area contributed by atoms with Crippen molar-refractivity contribution < 1.29 is 9.53 Å². The van der Waals surface area contributed by atoms with Gasteiger partial charge in [-0.1, -0.05) is 6.92 Å². The first-order valence-electron chi connectivity index (χ1n) is 7.35. The van der Waals surface area contributed by atoms with Crippen LogP contribution in [0.2, 0.25) is 0 Å². The van der Waals surface area contributed by atoms with E-state index >= 15 is 0 Å². The summed E-state index contributed by atoms with van der Waals surface area (Å²) in [6, 6.07) is 0. The molecule has 1 atom stereocenters. The molecule has 0 N–H and O–H groups in total. The minimum atomic E-state index is -0.287. The van der Waals surface area contributed by atoms with Crippen molar-refractivity contribution in [2.45, 2.75) is 26.7 Å². The molecule has 1 aliphatic rings. The number of piperidine rings is 1. The zero-order valence-corrected chi connectivity index (χ0v) is 13.2. The average molecular weight is 305 g/mol. The number of hydrogen-bond acceptors (Lipinski definition) is 6. The summed E-state index contributed by atoms with van der Waals surface area (Å²) in [4.78, 5) is 24.0. The first-order chi connectivity index (χ1) is 10.2. The van der Waals surface area contributed by atoms with Crippen molar-refractivity contribution in [1.82, 2.24) is 9.97 Å². The Kier molecular flexibility index (Phi) is 4.05. The van der Waals surface area contributed by atoms with Crippen molar-refractivity contribution >= 4 is 33.3 Å². The quantitative estimate of drug-likeness (QED) is 0.816. The van der Waals surface area contributed by atoms with Crippen LogP contribution in [-0.4, -0.2) is 35.6 Å². The van der Waals surface area contributed by atoms with E-state index in [1.165, 1.54) is 17.8 Å². The Morgan fingerprint density at radius 3 is 3.14 bits per heavy atom. The molecule has 112 valence electrons. The third-order valence-electron chi connectivity index (χ3n) is 3.80. The number of carbonyl (C=O) groups excluding carboxylic acids is 1. The fraction of sp³-hybridized carbons (Fsp3) is 0.533. The van der Waals surface area contributed by atoms with E-state index in [-0.39, 0.29) is 5.97 Å². The Bertz CT molecular complexity index is 655. The molecule has 1 saturated heterocycles. The van der Waals surface area contributed by atoms with Crippen LogP contribution in [0.3, 0.4) is 0 Å². The lowest BCUT2D eigenvalue weighted by atomic mass is 10.00. The normalized spacial score (nSPS) is 19.0. The minimum Gasteiger partial charge on any atom is -0.462 e. The molecule has 21 heavy (non-hydrogen) atoms. The molecule has 0 saturated carbocycles. The van der Waals surface area contributed by atoms with E-state index in [4.69, 9.17) is 4.74 Å². The van der Waals surface area contributed by atoms with E-state index < -0.39 is 0 Å². The molecule has 0 spiro atoms. The van der Waals surface area contributed by atoms with Gasteiger partial charge in [0.25, 0.3) is 0 Å². The number of aromatic nitrogens is 2. The second-order valence-corrected chi connectivity index (χ2v) is 6.30. The van der Waals surface area contributed by atoms with Crippen molar-refractivity contribution in [3.63, 3.8) is 0 Å². The van der Waals surface area contributed by atoms with Crippen LogP contribution in [-0.2, 0) is 4.74 Å². The van der Waals surface area contributed by atoms with Crippen molar-refractivity contribution in [1.29, 1.82) is 0 Å². The van der Waals surface area contributed by atoms with Crippen LogP contribution >= 0.6 is 11.3 Å². The summed E-state index contributed by atoms with van der Waals surface area (Å²) in [5.74, 6) is 1.23. The fourth-order valence-electron chi connectivity index (χ4n) is 2.84. The first kappa shape index (κ1) is 14.3. The largest absolute Gasteiger partial charge is 0.462 e. The zero-order valence-electron chi connectivity index (χ0n) is 12.3. The lowest BCUT2D eigenvalue weighted by molar-refractivity contribution is 0.0529. The highest BCUT2D eigenvalue weighted by molar-refractivity contribution is 7.17. The monoisotopic (exact) mass is 305 g/mol. The topological polar surface area (TPSA) is 55.3 Å². The van der Waals surface area contributed by atoms with Crippen molar-refractivity contribution in [2.75, 3.05) is 24.6 Å². The Labute approximate surface area is 128 Å². The highest BCUT2D eigenvalue weighted by Crippen LogP contribution is 2.33. The van der Waals surface area contributed by atoms with Crippen LogP contribution < -0.4 is 4.90 Å². The molecular formula is C15H19N3O2S. The maximum atomic E-state index is 12.1. The van der Waals surface area contributed by atoms with Crippen molar-refractivity contribution in [3.8, 4) is 0 Å². The van der Waals surface area contributed by atoms with Gasteiger partial charge in [-0.15, -0.1) is 11.3 Å². The number of thiophene rings is 1. The average Bonchev–Trinajstić information content (AvgIpc) is 2.91. The minimum absolute atomic E-state index is 0.287. The predicted molar refractivity (Wildman–Crippen MR) is 84.0 cm³/mol. The zero-order chi connectivity index (χ0) is 14.8. The van der Waals surface area contributed by atoms with Gasteiger partial charge in [-0.25, -0.2) is 14.8 Å². The van der Waals surface area contributed by atoms with Gasteiger partial charge in [-0.2, -0.15) is 0 Å². The number of rotatable bonds is 3. The van der Waals surface area contributed by atoms with Crippen molar-refractivity contribution in [3.05, 3.63) is 17.3 Å². The van der Waals surface area contributed by atoms with Gasteiger partial charge >= 0.3 is 5.97 Å². The maximum absolute atomic E-state index is 12.1. The van der Waals surface area contributed by atoms with Gasteiger partial charge in [-0.3, -0.25) is 0 Å². The van der Waals surface area contributed by atoms with Crippen LogP contribution in [0.4, 0.5) is 5.82 Å². The third-order valence-corrected chi connectivity index (χ3v) is 4.69. The molecule has 2 aromatic heterocycles. The number of carbonyl (C=O) groups is 1. The molecule has 2 aromatic rings. The van der Waals surface area contributed by atoms with Crippen LogP contribution in [0, 0.1) is 5.92 Å². The van der Waals surface area contributed by atoms with Crippen LogP contribution in [0.15, 0.2) is 11.7 Å². The van der Waals surface area contributed by atoms with E-state index in [1.807, 2.05) is 12.3 Å². The van der Waals surface area contributed by atoms with Crippen LogP contribution in [0.25, 0.3) is 10.2 Å². The third kappa shape index (κ3) is 2.72. The van der Waals surface area contributed by atoms with Gasteiger partial charge in [-0.05, 0) is 25.7 Å². The Morgan fingerprint density at radius 1 is 1.52 bits per heavy atom. The molecule has 0 aromatic carbocycles. The second kappa shape index (κ2) is 5.97. The number of nitrogens with zero attached hydrogens (tertiary/aromatic N) is 3. The summed E-state index contributed by atoms with van der Waals surface area (Å²) in [6.45, 7) is 6.40. The summed E-state index contributed by atoms with van der Waals surface area (Å²) >= 11 is 1.47. The number of anilines is 1. The summed E-state index contributed by atoms with van der Waals surface area (Å²) in [7, 11) is 0. The van der Waals surface area contributed by atoms with Gasteiger partial charge in [0.1, 0.15) is 17.0 Å². The first-order valence-corrected chi connectivity index (χ1v) is 8.23. The Morgan fingerprint density at radius 2 is 2.38 bits per heavy atom. The molecule has 0 aliphatic carbocycles. The summed E-state index contributed by atoms with van der Waals surface area (Å²) in [6.07, 6.45) is 3.99. The van der Waals surface area contributed by atoms with Crippen molar-refractivity contribution in [2.24, 2.45) is 5.92 Å². The molecule has 1 fully saturated rings. The molecule has 1 unspecified atom stereocenters. The van der Waals surface area contributed by atoms with Gasteiger partial charge in [0, 0.05) is 18.5 Å². The standard InChI is InChI=1S/C15H19N3O2S/c1-3-20-15(19)11-8-21-14-12(11)13(16-9-17-14)18-6-4-5-10(2)7-18/h8-10H,3-7H2,1-2H3. The van der Waals surface area contributed by atoms with Crippen LogP contribution in [0.1, 0.15) is 37.0 Å². The van der Waals surface area contributed by atoms with Gasteiger partial charge in [0.2, 0.25) is 0 Å². The van der Waals surface area contributed by atoms with E-state index in [2.05, 4.69) is 21.8 Å². The molecule has 1 aliphatic heterocycles. The van der Waals surface area contributed by atoms with E-state index in [9.17, 15) is 4.79 Å². The van der Waals surface area contributed by atoms with E-state index in [0.29, 0.717) is 18.1 Å². The highest BCUT2D eigenvalue weighted by Gasteiger charge is 2.24. The number of hydrogen-bond donors (Lipinski definition) is 0. The SMILES string of the molecule is CCOC(=O)c1csc2ncnc(N3CCCC(C)C3)c12. The lowest BCUT2D eigenvalue weighted by Gasteiger charge is -2.32.